The molecule has 0 aromatic heterocycles. The molecule has 5 aliphatic rings. The standard InChI is InChI=1S/C16H23NO3/c18-14(12-1-2-13(12)15(19)20)17-16-6-9-3-10(7-16)5-11(4-9)8-16/h9-13H,1-8H2,(H,17,18)(H,19,20). The molecule has 0 saturated heterocycles. The van der Waals surface area contributed by atoms with Gasteiger partial charge in [-0.05, 0) is 69.1 Å². The first-order valence-electron chi connectivity index (χ1n) is 8.09. The lowest BCUT2D eigenvalue weighted by molar-refractivity contribution is -0.154. The molecule has 2 unspecified atom stereocenters. The molecule has 1 amide bonds. The number of carbonyl (C=O) groups is 2. The van der Waals surface area contributed by atoms with E-state index in [2.05, 4.69) is 5.32 Å². The summed E-state index contributed by atoms with van der Waals surface area (Å²) < 4.78 is 0. The van der Waals surface area contributed by atoms with Crippen LogP contribution in [0.15, 0.2) is 0 Å². The van der Waals surface area contributed by atoms with Crippen molar-refractivity contribution in [2.24, 2.45) is 29.6 Å². The number of aliphatic carboxylic acids is 1. The Labute approximate surface area is 119 Å². The summed E-state index contributed by atoms with van der Waals surface area (Å²) in [6, 6.07) is 0. The second kappa shape index (κ2) is 4.22. The van der Waals surface area contributed by atoms with E-state index in [1.54, 1.807) is 0 Å². The number of rotatable bonds is 3. The highest BCUT2D eigenvalue weighted by atomic mass is 16.4. The number of nitrogens with one attached hydrogen (secondary N) is 1. The number of carboxylic acids is 1. The average Bonchev–Trinajstić information content (AvgIpc) is 2.22. The first-order valence-corrected chi connectivity index (χ1v) is 8.09. The van der Waals surface area contributed by atoms with Crippen LogP contribution in [0.4, 0.5) is 0 Å². The van der Waals surface area contributed by atoms with Crippen molar-refractivity contribution in [3.63, 3.8) is 0 Å². The largest absolute Gasteiger partial charge is 0.481 e. The van der Waals surface area contributed by atoms with Crippen molar-refractivity contribution in [2.45, 2.75) is 56.9 Å². The van der Waals surface area contributed by atoms with E-state index >= 15 is 0 Å². The molecule has 20 heavy (non-hydrogen) atoms. The van der Waals surface area contributed by atoms with Gasteiger partial charge in [0.05, 0.1) is 11.8 Å². The summed E-state index contributed by atoms with van der Waals surface area (Å²) in [6.07, 6.45) is 8.88. The van der Waals surface area contributed by atoms with E-state index < -0.39 is 11.9 Å². The molecule has 0 aromatic carbocycles. The van der Waals surface area contributed by atoms with Crippen molar-refractivity contribution < 1.29 is 14.7 Å². The summed E-state index contributed by atoms with van der Waals surface area (Å²) in [5, 5.41) is 12.4. The summed E-state index contributed by atoms with van der Waals surface area (Å²) in [7, 11) is 0. The summed E-state index contributed by atoms with van der Waals surface area (Å²) >= 11 is 0. The van der Waals surface area contributed by atoms with Gasteiger partial charge in [-0.2, -0.15) is 0 Å². The third-order valence-electron chi connectivity index (χ3n) is 6.35. The summed E-state index contributed by atoms with van der Waals surface area (Å²) in [6.45, 7) is 0. The molecular weight excluding hydrogens is 254 g/mol. The van der Waals surface area contributed by atoms with Crippen LogP contribution in [0.25, 0.3) is 0 Å². The topological polar surface area (TPSA) is 66.4 Å². The molecule has 4 heteroatoms. The van der Waals surface area contributed by atoms with Crippen LogP contribution >= 0.6 is 0 Å². The quantitative estimate of drug-likeness (QED) is 0.831. The lowest BCUT2D eigenvalue weighted by Gasteiger charge is -2.57. The first kappa shape index (κ1) is 12.7. The maximum absolute atomic E-state index is 12.5. The van der Waals surface area contributed by atoms with Crippen molar-refractivity contribution in [3.05, 3.63) is 0 Å². The number of hydrogen-bond acceptors (Lipinski definition) is 2. The molecule has 0 aromatic rings. The molecule has 2 atom stereocenters. The van der Waals surface area contributed by atoms with Crippen LogP contribution in [-0.2, 0) is 9.59 Å². The maximum Gasteiger partial charge on any atom is 0.307 e. The minimum atomic E-state index is -0.804. The average molecular weight is 277 g/mol. The summed E-state index contributed by atoms with van der Waals surface area (Å²) in [5.41, 5.74) is 0.0183. The van der Waals surface area contributed by atoms with E-state index in [9.17, 15) is 9.59 Å². The molecule has 0 spiro atoms. The zero-order chi connectivity index (χ0) is 13.9. The van der Waals surface area contributed by atoms with Gasteiger partial charge in [0.1, 0.15) is 0 Å². The van der Waals surface area contributed by atoms with E-state index in [-0.39, 0.29) is 17.4 Å². The predicted molar refractivity (Wildman–Crippen MR) is 72.9 cm³/mol. The Bertz CT molecular complexity index is 423. The third-order valence-corrected chi connectivity index (χ3v) is 6.35. The molecule has 5 saturated carbocycles. The highest BCUT2D eigenvalue weighted by Gasteiger charge is 2.53. The highest BCUT2D eigenvalue weighted by molar-refractivity contribution is 5.86. The molecule has 4 bridgehead atoms. The molecule has 5 fully saturated rings. The highest BCUT2D eigenvalue weighted by Crippen LogP contribution is 2.55. The number of carbonyl (C=O) groups excluding carboxylic acids is 1. The molecule has 0 aliphatic heterocycles. The fourth-order valence-electron chi connectivity index (χ4n) is 5.73. The fourth-order valence-corrected chi connectivity index (χ4v) is 5.73. The molecule has 0 heterocycles. The zero-order valence-electron chi connectivity index (χ0n) is 11.8. The van der Waals surface area contributed by atoms with Gasteiger partial charge in [-0.1, -0.05) is 0 Å². The SMILES string of the molecule is O=C(O)C1CCC1C(=O)NC12CC3CC(CC(C3)C1)C2. The molecule has 110 valence electrons. The van der Waals surface area contributed by atoms with Crippen molar-refractivity contribution >= 4 is 11.9 Å². The van der Waals surface area contributed by atoms with Crippen molar-refractivity contribution in [3.8, 4) is 0 Å². The van der Waals surface area contributed by atoms with Crippen LogP contribution in [0, 0.1) is 29.6 Å². The Kier molecular flexibility index (Phi) is 2.67. The monoisotopic (exact) mass is 277 g/mol. The van der Waals surface area contributed by atoms with Gasteiger partial charge in [-0.15, -0.1) is 0 Å². The van der Waals surface area contributed by atoms with Crippen LogP contribution in [-0.4, -0.2) is 22.5 Å². The Balaban J connectivity index is 1.46. The van der Waals surface area contributed by atoms with Crippen molar-refractivity contribution in [1.29, 1.82) is 0 Å². The van der Waals surface area contributed by atoms with Gasteiger partial charge in [-0.25, -0.2) is 0 Å². The molecule has 0 radical (unpaired) electrons. The van der Waals surface area contributed by atoms with E-state index in [0.717, 1.165) is 43.4 Å². The Morgan fingerprint density at radius 3 is 1.80 bits per heavy atom. The molecule has 5 rings (SSSR count). The minimum absolute atomic E-state index is 0.0183. The van der Waals surface area contributed by atoms with Gasteiger partial charge in [-0.3, -0.25) is 9.59 Å². The molecule has 2 N–H and O–H groups in total. The van der Waals surface area contributed by atoms with Gasteiger partial charge < -0.3 is 10.4 Å². The fraction of sp³-hybridized carbons (Fsp3) is 0.875. The van der Waals surface area contributed by atoms with Crippen LogP contribution in [0.2, 0.25) is 0 Å². The van der Waals surface area contributed by atoms with Gasteiger partial charge in [0.25, 0.3) is 0 Å². The van der Waals surface area contributed by atoms with E-state index in [1.165, 1.54) is 19.3 Å². The Morgan fingerprint density at radius 2 is 1.40 bits per heavy atom. The summed E-state index contributed by atoms with van der Waals surface area (Å²) in [5.74, 6) is 0.909. The third kappa shape index (κ3) is 1.87. The predicted octanol–water partition coefficient (Wildman–Crippen LogP) is 2.18. The Hall–Kier alpha value is -1.06. The van der Waals surface area contributed by atoms with E-state index in [0.29, 0.717) is 6.42 Å². The summed E-state index contributed by atoms with van der Waals surface area (Å²) in [4.78, 5) is 23.5. The van der Waals surface area contributed by atoms with Crippen LogP contribution < -0.4 is 5.32 Å². The molecule has 4 nitrogen and oxygen atoms in total. The second-order valence-electron chi connectivity index (χ2n) is 7.82. The number of hydrogen-bond donors (Lipinski definition) is 2. The Morgan fingerprint density at radius 1 is 0.900 bits per heavy atom. The van der Waals surface area contributed by atoms with E-state index in [4.69, 9.17) is 5.11 Å². The molecular formula is C16H23NO3. The van der Waals surface area contributed by atoms with Crippen molar-refractivity contribution in [1.82, 2.24) is 5.32 Å². The lowest BCUT2D eigenvalue weighted by Crippen LogP contribution is -2.61. The number of amides is 1. The maximum atomic E-state index is 12.5. The number of carboxylic acid groups (broad SMARTS) is 1. The van der Waals surface area contributed by atoms with Gasteiger partial charge >= 0.3 is 5.97 Å². The van der Waals surface area contributed by atoms with Gasteiger partial charge in [0.15, 0.2) is 0 Å². The van der Waals surface area contributed by atoms with Crippen LogP contribution in [0.1, 0.15) is 51.4 Å². The first-order chi connectivity index (χ1) is 9.55. The van der Waals surface area contributed by atoms with Crippen molar-refractivity contribution in [2.75, 3.05) is 0 Å². The normalized spacial score (nSPS) is 48.7. The molecule has 5 aliphatic carbocycles. The van der Waals surface area contributed by atoms with E-state index in [1.807, 2.05) is 0 Å². The van der Waals surface area contributed by atoms with Gasteiger partial charge in [0, 0.05) is 5.54 Å². The second-order valence-corrected chi connectivity index (χ2v) is 7.82. The van der Waals surface area contributed by atoms with Crippen LogP contribution in [0.5, 0.6) is 0 Å². The van der Waals surface area contributed by atoms with Crippen LogP contribution in [0.3, 0.4) is 0 Å². The lowest BCUT2D eigenvalue weighted by atomic mass is 9.53. The van der Waals surface area contributed by atoms with Gasteiger partial charge in [0.2, 0.25) is 5.91 Å². The zero-order valence-corrected chi connectivity index (χ0v) is 11.8. The smallest absolute Gasteiger partial charge is 0.307 e. The minimum Gasteiger partial charge on any atom is -0.481 e.